The molecule has 1 unspecified atom stereocenters. The van der Waals surface area contributed by atoms with Gasteiger partial charge in [-0.2, -0.15) is 0 Å². The van der Waals surface area contributed by atoms with Crippen LogP contribution >= 0.6 is 0 Å². The molecule has 0 saturated carbocycles. The van der Waals surface area contributed by atoms with E-state index in [1.54, 1.807) is 6.07 Å². The number of carbonyl (C=O) groups is 1. The van der Waals surface area contributed by atoms with E-state index in [2.05, 4.69) is 31.0 Å². The van der Waals surface area contributed by atoms with E-state index >= 15 is 0 Å². The predicted octanol–water partition coefficient (Wildman–Crippen LogP) is 5.31. The molecular weight excluding hydrogens is 476 g/mol. The number of carbonyl (C=O) groups excluding carboxylic acids is 1. The molecule has 188 valence electrons. The molecule has 0 aromatic heterocycles. The maximum absolute atomic E-state index is 13.1. The fraction of sp³-hybridized carbons (Fsp3) is 0.370. The van der Waals surface area contributed by atoms with Crippen molar-refractivity contribution in [3.63, 3.8) is 0 Å². The molecule has 6 nitrogen and oxygen atoms in total. The number of nitrogens with one attached hydrogen (secondary N) is 2. The monoisotopic (exact) mass is 512 g/mol. The third-order valence-corrected chi connectivity index (χ3v) is 12.2. The van der Waals surface area contributed by atoms with Gasteiger partial charge in [-0.25, -0.2) is 18.6 Å². The van der Waals surface area contributed by atoms with E-state index in [-0.39, 0.29) is 10.8 Å². The highest BCUT2D eigenvalue weighted by Crippen LogP contribution is 2.35. The zero-order valence-electron chi connectivity index (χ0n) is 21.2. The Hall–Kier alpha value is -2.52. The van der Waals surface area contributed by atoms with E-state index < -0.39 is 30.3 Å². The van der Waals surface area contributed by atoms with Gasteiger partial charge in [0.2, 0.25) is 18.3 Å². The van der Waals surface area contributed by atoms with Gasteiger partial charge < -0.3 is 4.53 Å². The molecule has 0 spiro atoms. The molecule has 3 aromatic carbocycles. The molecule has 0 saturated heterocycles. The molecule has 0 aliphatic rings. The quantitative estimate of drug-likeness (QED) is 0.285. The Balaban J connectivity index is 1.75. The summed E-state index contributed by atoms with van der Waals surface area (Å²) in [5.74, 6) is -0.691. The third kappa shape index (κ3) is 7.73. The number of sulfonamides is 1. The van der Waals surface area contributed by atoms with Crippen LogP contribution in [-0.2, 0) is 31.5 Å². The van der Waals surface area contributed by atoms with Crippen molar-refractivity contribution < 1.29 is 17.7 Å². The van der Waals surface area contributed by atoms with Crippen LogP contribution in [0.4, 0.5) is 0 Å². The van der Waals surface area contributed by atoms with Crippen molar-refractivity contribution in [2.75, 3.05) is 0 Å². The normalized spacial score (nSPS) is 13.5. The Kier molecular flexibility index (Phi) is 8.53. The number of amides is 1. The van der Waals surface area contributed by atoms with E-state index in [0.717, 1.165) is 16.3 Å². The molecule has 0 fully saturated rings. The highest BCUT2D eigenvalue weighted by atomic mass is 32.2. The number of hydrogen-bond acceptors (Lipinski definition) is 4. The van der Waals surface area contributed by atoms with Crippen molar-refractivity contribution >= 4 is 35.0 Å². The van der Waals surface area contributed by atoms with E-state index in [1.165, 1.54) is 0 Å². The number of hydroxylamine groups is 1. The average Bonchev–Trinajstić information content (AvgIpc) is 2.79. The lowest BCUT2D eigenvalue weighted by Gasteiger charge is -2.35. The minimum Gasteiger partial charge on any atom is -0.319 e. The molecule has 0 heterocycles. The molecule has 2 N–H and O–H groups in total. The first-order chi connectivity index (χ1) is 16.4. The van der Waals surface area contributed by atoms with Crippen LogP contribution in [-0.4, -0.2) is 28.7 Å². The standard InChI is InChI=1S/C27H36N2O4SSi/c1-27(2,3)35(4,5)33-28-26(30)25(18-16-21-11-7-6-8-12-21)29-34(31,32)20-22-15-17-23-13-9-10-14-24(23)19-22/h6-15,17,19,25,29H,16,18,20H2,1-5H3,(H,28,30). The summed E-state index contributed by atoms with van der Waals surface area (Å²) in [5, 5.41) is 1.92. The lowest BCUT2D eigenvalue weighted by atomic mass is 10.1. The van der Waals surface area contributed by atoms with Crippen LogP contribution in [0, 0.1) is 0 Å². The first-order valence-corrected chi connectivity index (χ1v) is 16.4. The predicted molar refractivity (Wildman–Crippen MR) is 145 cm³/mol. The number of fused-ring (bicyclic) bond motifs is 1. The lowest BCUT2D eigenvalue weighted by molar-refractivity contribution is -0.130. The first-order valence-electron chi connectivity index (χ1n) is 11.9. The van der Waals surface area contributed by atoms with Crippen LogP contribution in [0.25, 0.3) is 10.8 Å². The van der Waals surface area contributed by atoms with Gasteiger partial charge in [-0.15, -0.1) is 0 Å². The maximum Gasteiger partial charge on any atom is 0.260 e. The van der Waals surface area contributed by atoms with Gasteiger partial charge in [-0.05, 0) is 52.9 Å². The second kappa shape index (κ2) is 11.0. The van der Waals surface area contributed by atoms with Crippen molar-refractivity contribution in [1.29, 1.82) is 0 Å². The van der Waals surface area contributed by atoms with Gasteiger partial charge in [0.1, 0.15) is 6.04 Å². The molecule has 0 aliphatic carbocycles. The largest absolute Gasteiger partial charge is 0.319 e. The highest BCUT2D eigenvalue weighted by Gasteiger charge is 2.39. The summed E-state index contributed by atoms with van der Waals surface area (Å²) in [6, 6.07) is 22.1. The number of aryl methyl sites for hydroxylation is 1. The van der Waals surface area contributed by atoms with E-state index in [4.69, 9.17) is 4.53 Å². The van der Waals surface area contributed by atoms with E-state index in [1.807, 2.05) is 79.8 Å². The average molecular weight is 513 g/mol. The first kappa shape index (κ1) is 27.1. The molecule has 8 heteroatoms. The van der Waals surface area contributed by atoms with Crippen molar-refractivity contribution in [3.05, 3.63) is 83.9 Å². The van der Waals surface area contributed by atoms with Crippen LogP contribution in [0.3, 0.4) is 0 Å². The third-order valence-electron chi connectivity index (χ3n) is 6.59. The van der Waals surface area contributed by atoms with Gasteiger partial charge in [-0.1, -0.05) is 93.6 Å². The van der Waals surface area contributed by atoms with E-state index in [0.29, 0.717) is 18.4 Å². The van der Waals surface area contributed by atoms with Gasteiger partial charge in [0.05, 0.1) is 5.75 Å². The van der Waals surface area contributed by atoms with Gasteiger partial charge >= 0.3 is 0 Å². The van der Waals surface area contributed by atoms with E-state index in [9.17, 15) is 13.2 Å². The number of hydrogen-bond donors (Lipinski definition) is 2. The van der Waals surface area contributed by atoms with Crippen LogP contribution in [0.2, 0.25) is 18.1 Å². The number of rotatable bonds is 10. The topological polar surface area (TPSA) is 84.5 Å². The van der Waals surface area contributed by atoms with Gasteiger partial charge in [0.15, 0.2) is 0 Å². The summed E-state index contributed by atoms with van der Waals surface area (Å²) in [4.78, 5) is 13.1. The molecule has 0 bridgehead atoms. The fourth-order valence-corrected chi connectivity index (χ4v) is 5.43. The summed E-state index contributed by atoms with van der Waals surface area (Å²) in [5.41, 5.74) is 4.27. The Morgan fingerprint density at radius 2 is 1.54 bits per heavy atom. The SMILES string of the molecule is CC(C)(C)[Si](C)(C)ONC(=O)C(CCc1ccccc1)NS(=O)(=O)Cc1ccc2ccccc2c1. The molecule has 1 amide bonds. The summed E-state index contributed by atoms with van der Waals surface area (Å²) >= 11 is 0. The van der Waals surface area contributed by atoms with Gasteiger partial charge in [0.25, 0.3) is 5.91 Å². The van der Waals surface area contributed by atoms with Crippen molar-refractivity contribution in [2.24, 2.45) is 0 Å². The minimum atomic E-state index is -3.79. The zero-order valence-corrected chi connectivity index (χ0v) is 23.0. The van der Waals surface area contributed by atoms with Crippen molar-refractivity contribution in [2.45, 2.75) is 63.5 Å². The summed E-state index contributed by atoms with van der Waals surface area (Å²) in [7, 11) is -6.04. The van der Waals surface area contributed by atoms with Crippen molar-refractivity contribution in [1.82, 2.24) is 10.2 Å². The molecule has 3 aromatic rings. The molecule has 0 radical (unpaired) electrons. The molecule has 0 aliphatic heterocycles. The molecule has 1 atom stereocenters. The summed E-state index contributed by atoms with van der Waals surface area (Å²) in [6.07, 6.45) is 0.866. The van der Waals surface area contributed by atoms with Crippen molar-refractivity contribution in [3.8, 4) is 0 Å². The summed E-state index contributed by atoms with van der Waals surface area (Å²) < 4.78 is 34.7. The lowest BCUT2D eigenvalue weighted by Crippen LogP contribution is -2.52. The van der Waals surface area contributed by atoms with Crippen LogP contribution in [0.5, 0.6) is 0 Å². The molecule has 35 heavy (non-hydrogen) atoms. The van der Waals surface area contributed by atoms with Crippen LogP contribution in [0.15, 0.2) is 72.8 Å². The smallest absolute Gasteiger partial charge is 0.260 e. The second-order valence-corrected chi connectivity index (χ2v) is 16.9. The van der Waals surface area contributed by atoms with Gasteiger partial charge in [-0.3, -0.25) is 4.79 Å². The van der Waals surface area contributed by atoms with Crippen LogP contribution < -0.4 is 10.2 Å². The molecular formula is C27H36N2O4SSi. The minimum absolute atomic E-state index is 0.102. The second-order valence-electron chi connectivity index (χ2n) is 10.5. The molecule has 3 rings (SSSR count). The van der Waals surface area contributed by atoms with Gasteiger partial charge in [0, 0.05) is 0 Å². The Morgan fingerprint density at radius 3 is 2.20 bits per heavy atom. The Morgan fingerprint density at radius 1 is 0.914 bits per heavy atom. The van der Waals surface area contributed by atoms with Crippen LogP contribution in [0.1, 0.15) is 38.3 Å². The zero-order chi connectivity index (χ0) is 25.7. The Labute approximate surface area is 210 Å². The Bertz CT molecular complexity index is 1250. The highest BCUT2D eigenvalue weighted by molar-refractivity contribution is 7.88. The maximum atomic E-state index is 13.1. The summed E-state index contributed by atoms with van der Waals surface area (Å²) in [6.45, 7) is 10.3. The fourth-order valence-electron chi connectivity index (χ4n) is 3.41. The number of benzene rings is 3.